The van der Waals surface area contributed by atoms with E-state index >= 15 is 0 Å². The number of ether oxygens (including phenoxy) is 1. The number of benzene rings is 2. The van der Waals surface area contributed by atoms with Crippen molar-refractivity contribution in [1.82, 2.24) is 4.90 Å². The fourth-order valence-corrected chi connectivity index (χ4v) is 4.13. The molecule has 28 heavy (non-hydrogen) atoms. The van der Waals surface area contributed by atoms with Gasteiger partial charge >= 0.3 is 0 Å². The van der Waals surface area contributed by atoms with Gasteiger partial charge in [-0.15, -0.1) is 0 Å². The molecule has 0 bridgehead atoms. The molecule has 3 nitrogen and oxygen atoms in total. The molecule has 0 spiro atoms. The normalized spacial score (nSPS) is 18.8. The van der Waals surface area contributed by atoms with Gasteiger partial charge < -0.3 is 9.84 Å². The van der Waals surface area contributed by atoms with Crippen molar-refractivity contribution < 1.29 is 9.84 Å². The third kappa shape index (κ3) is 5.22. The average molecular weight is 382 g/mol. The van der Waals surface area contributed by atoms with Crippen molar-refractivity contribution in [2.45, 2.75) is 45.1 Å². The van der Waals surface area contributed by atoms with Crippen LogP contribution in [0, 0.1) is 12.8 Å². The third-order valence-corrected chi connectivity index (χ3v) is 5.98. The summed E-state index contributed by atoms with van der Waals surface area (Å²) in [6.07, 6.45) is 1.76. The highest BCUT2D eigenvalue weighted by molar-refractivity contribution is 5.33. The second-order valence-corrected chi connectivity index (χ2v) is 8.60. The zero-order chi connectivity index (χ0) is 20.0. The summed E-state index contributed by atoms with van der Waals surface area (Å²) in [6.45, 7) is 10.8. The van der Waals surface area contributed by atoms with Gasteiger partial charge in [-0.25, -0.2) is 0 Å². The van der Waals surface area contributed by atoms with Crippen molar-refractivity contribution in [2.24, 2.45) is 5.92 Å². The van der Waals surface area contributed by atoms with Crippen LogP contribution in [0.3, 0.4) is 0 Å². The first-order valence-corrected chi connectivity index (χ1v) is 10.6. The smallest absolute Gasteiger partial charge is 0.0977 e. The Labute approximate surface area is 170 Å². The summed E-state index contributed by atoms with van der Waals surface area (Å²) >= 11 is 0. The van der Waals surface area contributed by atoms with Crippen LogP contribution in [0.5, 0.6) is 0 Å². The summed E-state index contributed by atoms with van der Waals surface area (Å²) in [7, 11) is 0. The Morgan fingerprint density at radius 3 is 2.25 bits per heavy atom. The second kappa shape index (κ2) is 9.69. The minimum atomic E-state index is -0.891. The highest BCUT2D eigenvalue weighted by Gasteiger charge is 2.40. The fourth-order valence-electron chi connectivity index (χ4n) is 4.13. The molecule has 1 saturated heterocycles. The molecule has 2 aromatic rings. The molecule has 0 saturated carbocycles. The molecule has 1 heterocycles. The lowest BCUT2D eigenvalue weighted by Crippen LogP contribution is -2.45. The molecule has 0 radical (unpaired) electrons. The van der Waals surface area contributed by atoms with Crippen LogP contribution in [0.15, 0.2) is 54.6 Å². The zero-order valence-electron chi connectivity index (χ0n) is 17.6. The van der Waals surface area contributed by atoms with Crippen LogP contribution in [-0.4, -0.2) is 42.9 Å². The maximum absolute atomic E-state index is 12.2. The van der Waals surface area contributed by atoms with E-state index < -0.39 is 5.60 Å². The van der Waals surface area contributed by atoms with Gasteiger partial charge in [0.2, 0.25) is 0 Å². The van der Waals surface area contributed by atoms with E-state index in [-0.39, 0.29) is 5.92 Å². The molecule has 3 rings (SSSR count). The summed E-state index contributed by atoms with van der Waals surface area (Å²) in [5.74, 6) is 0.574. The van der Waals surface area contributed by atoms with Crippen LogP contribution in [-0.2, 0) is 10.3 Å². The predicted octanol–water partition coefficient (Wildman–Crippen LogP) is 4.73. The van der Waals surface area contributed by atoms with Gasteiger partial charge in [0, 0.05) is 25.6 Å². The maximum atomic E-state index is 12.2. The van der Waals surface area contributed by atoms with Crippen LogP contribution < -0.4 is 0 Å². The summed E-state index contributed by atoms with van der Waals surface area (Å²) < 4.78 is 5.55. The van der Waals surface area contributed by atoms with E-state index in [2.05, 4.69) is 74.2 Å². The van der Waals surface area contributed by atoms with E-state index in [1.807, 2.05) is 6.07 Å². The molecule has 3 heteroatoms. The van der Waals surface area contributed by atoms with Crippen molar-refractivity contribution in [3.63, 3.8) is 0 Å². The Kier molecular flexibility index (Phi) is 7.28. The quantitative estimate of drug-likeness (QED) is 0.717. The first kappa shape index (κ1) is 21.0. The van der Waals surface area contributed by atoms with Crippen molar-refractivity contribution in [3.8, 4) is 0 Å². The number of aryl methyl sites for hydroxylation is 1. The molecule has 0 unspecified atom stereocenters. The minimum Gasteiger partial charge on any atom is -0.384 e. The summed E-state index contributed by atoms with van der Waals surface area (Å²) in [4.78, 5) is 2.44. The van der Waals surface area contributed by atoms with Gasteiger partial charge in [0.1, 0.15) is 0 Å². The lowest BCUT2D eigenvalue weighted by Gasteiger charge is -2.41. The molecule has 0 aromatic heterocycles. The lowest BCUT2D eigenvalue weighted by atomic mass is 9.73. The zero-order valence-corrected chi connectivity index (χ0v) is 17.6. The highest BCUT2D eigenvalue weighted by atomic mass is 16.5. The van der Waals surface area contributed by atoms with Crippen LogP contribution in [0.4, 0.5) is 0 Å². The van der Waals surface area contributed by atoms with Crippen molar-refractivity contribution >= 4 is 0 Å². The lowest BCUT2D eigenvalue weighted by molar-refractivity contribution is -0.0311. The molecule has 2 aromatic carbocycles. The molecular weight excluding hydrogens is 346 g/mol. The van der Waals surface area contributed by atoms with Crippen LogP contribution >= 0.6 is 0 Å². The Balaban J connectivity index is 1.99. The molecular formula is C25H35NO2. The van der Waals surface area contributed by atoms with E-state index in [1.165, 1.54) is 11.1 Å². The first-order valence-electron chi connectivity index (χ1n) is 10.6. The van der Waals surface area contributed by atoms with Gasteiger partial charge in [0.15, 0.2) is 0 Å². The third-order valence-electron chi connectivity index (χ3n) is 5.98. The Morgan fingerprint density at radius 1 is 1.00 bits per heavy atom. The minimum absolute atomic E-state index is 0.0215. The number of hydrogen-bond donors (Lipinski definition) is 1. The van der Waals surface area contributed by atoms with Crippen LogP contribution in [0.25, 0.3) is 0 Å². The number of nitrogens with zero attached hydrogens (tertiary/aromatic N) is 1. The van der Waals surface area contributed by atoms with Crippen molar-refractivity contribution in [2.75, 3.05) is 32.8 Å². The first-order chi connectivity index (χ1) is 13.5. The molecule has 1 N–H and O–H groups in total. The van der Waals surface area contributed by atoms with E-state index in [1.54, 1.807) is 0 Å². The predicted molar refractivity (Wildman–Crippen MR) is 116 cm³/mol. The number of rotatable bonds is 8. The maximum Gasteiger partial charge on any atom is 0.0977 e. The monoisotopic (exact) mass is 381 g/mol. The number of aliphatic hydroxyl groups is 1. The Hall–Kier alpha value is -1.68. The van der Waals surface area contributed by atoms with Crippen LogP contribution in [0.2, 0.25) is 0 Å². The molecule has 152 valence electrons. The van der Waals surface area contributed by atoms with Crippen LogP contribution in [0.1, 0.15) is 49.3 Å². The van der Waals surface area contributed by atoms with Gasteiger partial charge in [-0.2, -0.15) is 0 Å². The number of hydrogen-bond acceptors (Lipinski definition) is 3. The van der Waals surface area contributed by atoms with E-state index in [0.717, 1.165) is 51.3 Å². The highest BCUT2D eigenvalue weighted by Crippen LogP contribution is 2.42. The van der Waals surface area contributed by atoms with Gasteiger partial charge in [-0.3, -0.25) is 4.90 Å². The SMILES string of the molecule is Cc1ccc([C@](O)(CCC(C)C)[C@H](CN2CCOCC2)c2ccccc2)cc1. The molecule has 1 aliphatic rings. The van der Waals surface area contributed by atoms with Crippen molar-refractivity contribution in [1.29, 1.82) is 0 Å². The molecule has 0 aliphatic carbocycles. The second-order valence-electron chi connectivity index (χ2n) is 8.60. The van der Waals surface area contributed by atoms with E-state index in [4.69, 9.17) is 4.74 Å². The summed E-state index contributed by atoms with van der Waals surface area (Å²) in [6, 6.07) is 19.0. The topological polar surface area (TPSA) is 32.7 Å². The standard InChI is InChI=1S/C25H35NO2/c1-20(2)13-14-25(27,23-11-9-21(3)10-12-23)24(22-7-5-4-6-8-22)19-26-15-17-28-18-16-26/h4-12,20,24,27H,13-19H2,1-3H3/t24-,25-/m1/s1. The van der Waals surface area contributed by atoms with Gasteiger partial charge in [-0.1, -0.05) is 74.0 Å². The molecule has 1 aliphatic heterocycles. The largest absolute Gasteiger partial charge is 0.384 e. The summed E-state index contributed by atoms with van der Waals surface area (Å²) in [5, 5.41) is 12.2. The molecule has 1 fully saturated rings. The molecule has 2 atom stereocenters. The fraction of sp³-hybridized carbons (Fsp3) is 0.520. The van der Waals surface area contributed by atoms with Gasteiger partial charge in [0.25, 0.3) is 0 Å². The van der Waals surface area contributed by atoms with Crippen molar-refractivity contribution in [3.05, 3.63) is 71.3 Å². The molecule has 0 amide bonds. The van der Waals surface area contributed by atoms with E-state index in [9.17, 15) is 5.11 Å². The summed E-state index contributed by atoms with van der Waals surface area (Å²) in [5.41, 5.74) is 2.57. The van der Waals surface area contributed by atoms with E-state index in [0.29, 0.717) is 5.92 Å². The van der Waals surface area contributed by atoms with Gasteiger partial charge in [0.05, 0.1) is 18.8 Å². The van der Waals surface area contributed by atoms with Gasteiger partial charge in [-0.05, 0) is 36.8 Å². The Morgan fingerprint density at radius 2 is 1.64 bits per heavy atom. The average Bonchev–Trinajstić information content (AvgIpc) is 2.72. The Bertz CT molecular complexity index is 707. The number of morpholine rings is 1.